The summed E-state index contributed by atoms with van der Waals surface area (Å²) in [5.41, 5.74) is 1.50. The highest BCUT2D eigenvalue weighted by Gasteiger charge is 2.33. The summed E-state index contributed by atoms with van der Waals surface area (Å²) in [5.74, 6) is -0.341. The van der Waals surface area contributed by atoms with Gasteiger partial charge in [-0.2, -0.15) is 0 Å². The lowest BCUT2D eigenvalue weighted by atomic mass is 10.1. The smallest absolute Gasteiger partial charge is 0.255 e. The molecule has 0 aliphatic carbocycles. The SMILES string of the molecule is CNC(=O)C1COCCN1C(=O)c1cc(Br)ccc1C. The highest BCUT2D eigenvalue weighted by atomic mass is 79.9. The number of hydrogen-bond donors (Lipinski definition) is 1. The van der Waals surface area contributed by atoms with Crippen LogP contribution in [-0.2, 0) is 9.53 Å². The van der Waals surface area contributed by atoms with Crippen LogP contribution in [0.1, 0.15) is 15.9 Å². The van der Waals surface area contributed by atoms with Crippen LogP contribution in [0.3, 0.4) is 0 Å². The number of hydrogen-bond acceptors (Lipinski definition) is 3. The Balaban J connectivity index is 2.30. The van der Waals surface area contributed by atoms with Crippen LogP contribution >= 0.6 is 15.9 Å². The van der Waals surface area contributed by atoms with E-state index in [1.54, 1.807) is 18.0 Å². The molecule has 1 atom stereocenters. The summed E-state index contributed by atoms with van der Waals surface area (Å²) in [5, 5.41) is 2.57. The summed E-state index contributed by atoms with van der Waals surface area (Å²) in [6, 6.07) is 4.99. The van der Waals surface area contributed by atoms with Crippen molar-refractivity contribution in [2.45, 2.75) is 13.0 Å². The molecule has 1 aromatic carbocycles. The Kier molecular flexibility index (Phi) is 4.77. The van der Waals surface area contributed by atoms with Gasteiger partial charge in [0.25, 0.3) is 5.91 Å². The van der Waals surface area contributed by atoms with E-state index in [1.807, 2.05) is 19.1 Å². The Morgan fingerprint density at radius 3 is 2.90 bits per heavy atom. The number of halogens is 1. The zero-order chi connectivity index (χ0) is 14.7. The Morgan fingerprint density at radius 2 is 2.20 bits per heavy atom. The maximum absolute atomic E-state index is 12.7. The largest absolute Gasteiger partial charge is 0.377 e. The molecule has 0 spiro atoms. The average Bonchev–Trinajstić information content (AvgIpc) is 2.48. The number of morpholine rings is 1. The topological polar surface area (TPSA) is 58.6 Å². The van der Waals surface area contributed by atoms with Gasteiger partial charge in [0.15, 0.2) is 0 Å². The van der Waals surface area contributed by atoms with E-state index in [9.17, 15) is 9.59 Å². The van der Waals surface area contributed by atoms with Crippen molar-refractivity contribution in [3.8, 4) is 0 Å². The molecule has 108 valence electrons. The molecule has 1 N–H and O–H groups in total. The van der Waals surface area contributed by atoms with Crippen LogP contribution in [-0.4, -0.2) is 49.6 Å². The Hall–Kier alpha value is -1.40. The molecule has 2 amide bonds. The van der Waals surface area contributed by atoms with E-state index in [-0.39, 0.29) is 18.4 Å². The van der Waals surface area contributed by atoms with Crippen molar-refractivity contribution < 1.29 is 14.3 Å². The molecule has 2 rings (SSSR count). The Bertz CT molecular complexity index is 533. The lowest BCUT2D eigenvalue weighted by Gasteiger charge is -2.34. The van der Waals surface area contributed by atoms with Crippen LogP contribution in [0.25, 0.3) is 0 Å². The normalized spacial score (nSPS) is 18.8. The van der Waals surface area contributed by atoms with Gasteiger partial charge in [-0.25, -0.2) is 0 Å². The van der Waals surface area contributed by atoms with Crippen LogP contribution < -0.4 is 5.32 Å². The number of benzene rings is 1. The summed E-state index contributed by atoms with van der Waals surface area (Å²) in [6.07, 6.45) is 0. The van der Waals surface area contributed by atoms with Crippen molar-refractivity contribution in [1.29, 1.82) is 0 Å². The molecule has 0 bridgehead atoms. The molecular formula is C14H17BrN2O3. The molecule has 0 radical (unpaired) electrons. The third-order valence-corrected chi connectivity index (χ3v) is 3.86. The fourth-order valence-electron chi connectivity index (χ4n) is 2.21. The quantitative estimate of drug-likeness (QED) is 0.883. The van der Waals surface area contributed by atoms with E-state index < -0.39 is 6.04 Å². The number of carbonyl (C=O) groups is 2. The third-order valence-electron chi connectivity index (χ3n) is 3.37. The molecule has 0 saturated carbocycles. The molecule has 1 heterocycles. The summed E-state index contributed by atoms with van der Waals surface area (Å²) in [6.45, 7) is 2.99. The van der Waals surface area contributed by atoms with Crippen molar-refractivity contribution in [3.05, 3.63) is 33.8 Å². The predicted molar refractivity (Wildman–Crippen MR) is 78.6 cm³/mol. The van der Waals surface area contributed by atoms with E-state index in [4.69, 9.17) is 4.74 Å². The van der Waals surface area contributed by atoms with Crippen LogP contribution in [0.15, 0.2) is 22.7 Å². The number of rotatable bonds is 2. The van der Waals surface area contributed by atoms with Crippen LogP contribution in [0, 0.1) is 6.92 Å². The van der Waals surface area contributed by atoms with Gasteiger partial charge in [-0.3, -0.25) is 9.59 Å². The number of aryl methyl sites for hydroxylation is 1. The van der Waals surface area contributed by atoms with Gasteiger partial charge in [-0.05, 0) is 24.6 Å². The lowest BCUT2D eigenvalue weighted by Crippen LogP contribution is -2.55. The second-order valence-corrected chi connectivity index (χ2v) is 5.58. The Labute approximate surface area is 126 Å². The van der Waals surface area contributed by atoms with Crippen LogP contribution in [0.4, 0.5) is 0 Å². The summed E-state index contributed by atoms with van der Waals surface area (Å²) >= 11 is 3.37. The van der Waals surface area contributed by atoms with Crippen molar-refractivity contribution in [2.75, 3.05) is 26.8 Å². The minimum Gasteiger partial charge on any atom is -0.377 e. The number of carbonyl (C=O) groups excluding carboxylic acids is 2. The van der Waals surface area contributed by atoms with E-state index in [0.717, 1.165) is 10.0 Å². The molecule has 1 fully saturated rings. The molecular weight excluding hydrogens is 324 g/mol. The van der Waals surface area contributed by atoms with Gasteiger partial charge in [0.1, 0.15) is 6.04 Å². The van der Waals surface area contributed by atoms with Crippen molar-refractivity contribution in [3.63, 3.8) is 0 Å². The predicted octanol–water partition coefficient (Wildman–Crippen LogP) is 1.34. The second kappa shape index (κ2) is 6.37. The number of nitrogens with zero attached hydrogens (tertiary/aromatic N) is 1. The van der Waals surface area contributed by atoms with E-state index in [1.165, 1.54) is 0 Å². The minimum absolute atomic E-state index is 0.138. The maximum atomic E-state index is 12.7. The van der Waals surface area contributed by atoms with Gasteiger partial charge in [-0.15, -0.1) is 0 Å². The molecule has 1 aromatic rings. The van der Waals surface area contributed by atoms with Gasteiger partial charge in [0.05, 0.1) is 13.2 Å². The summed E-state index contributed by atoms with van der Waals surface area (Å²) in [7, 11) is 1.56. The van der Waals surface area contributed by atoms with Crippen LogP contribution in [0.5, 0.6) is 0 Å². The lowest BCUT2D eigenvalue weighted by molar-refractivity contribution is -0.130. The number of nitrogens with one attached hydrogen (secondary N) is 1. The first-order chi connectivity index (χ1) is 9.54. The number of likely N-dealkylation sites (N-methyl/N-ethyl adjacent to an activating group) is 1. The van der Waals surface area contributed by atoms with Crippen molar-refractivity contribution in [2.24, 2.45) is 0 Å². The maximum Gasteiger partial charge on any atom is 0.255 e. The fourth-order valence-corrected chi connectivity index (χ4v) is 2.57. The highest BCUT2D eigenvalue weighted by molar-refractivity contribution is 9.10. The molecule has 0 aromatic heterocycles. The number of amides is 2. The molecule has 6 heteroatoms. The average molecular weight is 341 g/mol. The van der Waals surface area contributed by atoms with Gasteiger partial charge in [0.2, 0.25) is 5.91 Å². The van der Waals surface area contributed by atoms with Gasteiger partial charge >= 0.3 is 0 Å². The van der Waals surface area contributed by atoms with Crippen molar-refractivity contribution in [1.82, 2.24) is 10.2 Å². The molecule has 1 aliphatic heterocycles. The number of ether oxygens (including phenoxy) is 1. The summed E-state index contributed by atoms with van der Waals surface area (Å²) in [4.78, 5) is 26.1. The van der Waals surface area contributed by atoms with Gasteiger partial charge < -0.3 is 15.0 Å². The molecule has 1 aliphatic rings. The van der Waals surface area contributed by atoms with E-state index in [2.05, 4.69) is 21.2 Å². The first kappa shape index (κ1) is 15.0. The minimum atomic E-state index is -0.570. The monoisotopic (exact) mass is 340 g/mol. The van der Waals surface area contributed by atoms with Crippen molar-refractivity contribution >= 4 is 27.7 Å². The first-order valence-electron chi connectivity index (χ1n) is 6.41. The zero-order valence-corrected chi connectivity index (χ0v) is 13.1. The van der Waals surface area contributed by atoms with Gasteiger partial charge in [-0.1, -0.05) is 22.0 Å². The second-order valence-electron chi connectivity index (χ2n) is 4.66. The van der Waals surface area contributed by atoms with Gasteiger partial charge in [0, 0.05) is 23.6 Å². The fraction of sp³-hybridized carbons (Fsp3) is 0.429. The van der Waals surface area contributed by atoms with E-state index >= 15 is 0 Å². The first-order valence-corrected chi connectivity index (χ1v) is 7.20. The Morgan fingerprint density at radius 1 is 1.45 bits per heavy atom. The molecule has 5 nitrogen and oxygen atoms in total. The molecule has 20 heavy (non-hydrogen) atoms. The highest BCUT2D eigenvalue weighted by Crippen LogP contribution is 2.20. The molecule has 1 unspecified atom stereocenters. The zero-order valence-electron chi connectivity index (χ0n) is 11.5. The third kappa shape index (κ3) is 3.02. The molecule has 1 saturated heterocycles. The van der Waals surface area contributed by atoms with Crippen LogP contribution in [0.2, 0.25) is 0 Å². The van der Waals surface area contributed by atoms with E-state index in [0.29, 0.717) is 18.7 Å². The summed E-state index contributed by atoms with van der Waals surface area (Å²) < 4.78 is 6.16. The standard InChI is InChI=1S/C14H17BrN2O3/c1-9-3-4-10(15)7-11(9)14(19)17-5-6-20-8-12(17)13(18)16-2/h3-4,7,12H,5-6,8H2,1-2H3,(H,16,18).